The number of benzene rings is 2. The molecule has 0 unspecified atom stereocenters. The number of nitrogens with two attached hydrogens (primary N) is 1. The molecule has 3 N–H and O–H groups in total. The highest BCUT2D eigenvalue weighted by atomic mass is 35.5. The van der Waals surface area contributed by atoms with Crippen LogP contribution >= 0.6 is 12.4 Å². The zero-order valence-corrected chi connectivity index (χ0v) is 14.7. The summed E-state index contributed by atoms with van der Waals surface area (Å²) in [7, 11) is 0. The van der Waals surface area contributed by atoms with Crippen molar-refractivity contribution >= 4 is 29.7 Å². The van der Waals surface area contributed by atoms with Gasteiger partial charge < -0.3 is 15.8 Å². The second kappa shape index (κ2) is 7.38. The third kappa shape index (κ3) is 5.18. The second-order valence-electron chi connectivity index (χ2n) is 6.24. The number of nitrogen functional groups attached to an aromatic ring is 1. The van der Waals surface area contributed by atoms with Gasteiger partial charge in [-0.05, 0) is 57.5 Å². The summed E-state index contributed by atoms with van der Waals surface area (Å²) < 4.78 is 5.88. The van der Waals surface area contributed by atoms with E-state index in [4.69, 9.17) is 10.5 Å². The summed E-state index contributed by atoms with van der Waals surface area (Å²) in [6, 6.07) is 12.7. The summed E-state index contributed by atoms with van der Waals surface area (Å²) in [5.41, 5.74) is 8.07. The molecule has 0 heterocycles. The van der Waals surface area contributed by atoms with Gasteiger partial charge in [-0.15, -0.1) is 12.4 Å². The van der Waals surface area contributed by atoms with Crippen molar-refractivity contribution in [3.05, 3.63) is 53.6 Å². The summed E-state index contributed by atoms with van der Waals surface area (Å²) >= 11 is 0. The Bertz CT molecular complexity index is 694. The summed E-state index contributed by atoms with van der Waals surface area (Å²) in [5.74, 6) is 0.444. The molecule has 0 atom stereocenters. The molecule has 0 radical (unpaired) electrons. The predicted molar refractivity (Wildman–Crippen MR) is 97.6 cm³/mol. The van der Waals surface area contributed by atoms with Crippen LogP contribution in [0.4, 0.5) is 11.4 Å². The fourth-order valence-electron chi connectivity index (χ4n) is 2.06. The van der Waals surface area contributed by atoms with Crippen molar-refractivity contribution in [2.24, 2.45) is 0 Å². The summed E-state index contributed by atoms with van der Waals surface area (Å²) in [4.78, 5) is 12.5. The molecule has 0 aliphatic heterocycles. The van der Waals surface area contributed by atoms with Gasteiger partial charge in [0, 0.05) is 11.3 Å². The zero-order chi connectivity index (χ0) is 16.3. The SMILES string of the molecule is Cc1ccc(N)cc1C(=O)Nc1ccccc1OC(C)(C)C.Cl. The normalized spacial score (nSPS) is 10.6. The number of hydrogen-bond donors (Lipinski definition) is 2. The number of amides is 1. The second-order valence-corrected chi connectivity index (χ2v) is 6.24. The smallest absolute Gasteiger partial charge is 0.256 e. The van der Waals surface area contributed by atoms with E-state index in [1.165, 1.54) is 0 Å². The Kier molecular flexibility index (Phi) is 6.05. The molecule has 0 saturated carbocycles. The highest BCUT2D eigenvalue weighted by Gasteiger charge is 2.16. The quantitative estimate of drug-likeness (QED) is 0.816. The van der Waals surface area contributed by atoms with Crippen LogP contribution in [-0.2, 0) is 0 Å². The maximum absolute atomic E-state index is 12.5. The van der Waals surface area contributed by atoms with Gasteiger partial charge in [-0.3, -0.25) is 4.79 Å². The molecule has 0 aromatic heterocycles. The standard InChI is InChI=1S/C18H22N2O2.ClH/c1-12-9-10-13(19)11-14(12)17(21)20-15-7-5-6-8-16(15)22-18(2,3)4;/h5-11H,19H2,1-4H3,(H,20,21);1H. The first-order valence-corrected chi connectivity index (χ1v) is 7.22. The van der Waals surface area contributed by atoms with E-state index < -0.39 is 0 Å². The Balaban J connectivity index is 0.00000264. The molecule has 2 aromatic rings. The van der Waals surface area contributed by atoms with Crippen molar-refractivity contribution in [2.75, 3.05) is 11.1 Å². The Morgan fingerprint density at radius 2 is 1.78 bits per heavy atom. The van der Waals surface area contributed by atoms with Crippen LogP contribution in [0.1, 0.15) is 36.7 Å². The summed E-state index contributed by atoms with van der Waals surface area (Å²) in [5, 5.41) is 2.90. The maximum atomic E-state index is 12.5. The number of anilines is 2. The number of rotatable bonds is 3. The molecule has 124 valence electrons. The molecule has 0 fully saturated rings. The molecule has 0 aliphatic carbocycles. The van der Waals surface area contributed by atoms with Gasteiger partial charge in [0.15, 0.2) is 0 Å². The van der Waals surface area contributed by atoms with E-state index in [2.05, 4.69) is 5.32 Å². The third-order valence-corrected chi connectivity index (χ3v) is 3.06. The molecule has 5 heteroatoms. The van der Waals surface area contributed by atoms with Crippen LogP contribution in [0.15, 0.2) is 42.5 Å². The van der Waals surface area contributed by atoms with Crippen molar-refractivity contribution in [3.8, 4) is 5.75 Å². The minimum atomic E-state index is -0.339. The van der Waals surface area contributed by atoms with Gasteiger partial charge in [0.05, 0.1) is 5.69 Å². The van der Waals surface area contributed by atoms with Crippen LogP contribution in [0.3, 0.4) is 0 Å². The molecule has 0 aliphatic rings. The number of carbonyl (C=O) groups is 1. The molecule has 0 bridgehead atoms. The van der Waals surface area contributed by atoms with Gasteiger partial charge >= 0.3 is 0 Å². The Labute approximate surface area is 143 Å². The molecular weight excluding hydrogens is 312 g/mol. The number of para-hydroxylation sites is 2. The highest BCUT2D eigenvalue weighted by molar-refractivity contribution is 6.06. The van der Waals surface area contributed by atoms with Gasteiger partial charge in [-0.1, -0.05) is 18.2 Å². The Morgan fingerprint density at radius 1 is 1.13 bits per heavy atom. The van der Waals surface area contributed by atoms with Gasteiger partial charge in [-0.2, -0.15) is 0 Å². The first kappa shape index (κ1) is 18.8. The minimum Gasteiger partial charge on any atom is -0.486 e. The van der Waals surface area contributed by atoms with Crippen molar-refractivity contribution in [2.45, 2.75) is 33.3 Å². The average Bonchev–Trinajstić information content (AvgIpc) is 2.42. The molecule has 4 nitrogen and oxygen atoms in total. The lowest BCUT2D eigenvalue weighted by atomic mass is 10.1. The zero-order valence-electron chi connectivity index (χ0n) is 13.8. The van der Waals surface area contributed by atoms with Crippen LogP contribution < -0.4 is 15.8 Å². The van der Waals surface area contributed by atoms with Crippen molar-refractivity contribution in [3.63, 3.8) is 0 Å². The van der Waals surface area contributed by atoms with E-state index in [0.29, 0.717) is 22.7 Å². The summed E-state index contributed by atoms with van der Waals surface area (Å²) in [6.45, 7) is 7.78. The third-order valence-electron chi connectivity index (χ3n) is 3.06. The molecular formula is C18H23ClN2O2. The molecule has 23 heavy (non-hydrogen) atoms. The van der Waals surface area contributed by atoms with Crippen LogP contribution in [0.5, 0.6) is 5.75 Å². The van der Waals surface area contributed by atoms with E-state index in [1.54, 1.807) is 12.1 Å². The fraction of sp³-hybridized carbons (Fsp3) is 0.278. The van der Waals surface area contributed by atoms with E-state index in [0.717, 1.165) is 5.56 Å². The number of carbonyl (C=O) groups excluding carboxylic acids is 1. The van der Waals surface area contributed by atoms with E-state index in [-0.39, 0.29) is 23.9 Å². The van der Waals surface area contributed by atoms with Crippen molar-refractivity contribution in [1.29, 1.82) is 0 Å². The average molecular weight is 335 g/mol. The van der Waals surface area contributed by atoms with E-state index in [9.17, 15) is 4.79 Å². The van der Waals surface area contributed by atoms with Gasteiger partial charge in [0.25, 0.3) is 5.91 Å². The van der Waals surface area contributed by atoms with E-state index in [1.807, 2.05) is 58.0 Å². The lowest BCUT2D eigenvalue weighted by molar-refractivity contribution is 0.102. The fourth-order valence-corrected chi connectivity index (χ4v) is 2.06. The lowest BCUT2D eigenvalue weighted by Crippen LogP contribution is -2.24. The van der Waals surface area contributed by atoms with Gasteiger partial charge in [0.2, 0.25) is 0 Å². The van der Waals surface area contributed by atoms with Gasteiger partial charge in [-0.25, -0.2) is 0 Å². The van der Waals surface area contributed by atoms with Crippen LogP contribution in [0, 0.1) is 6.92 Å². The number of aryl methyl sites for hydroxylation is 1. The Hall–Kier alpha value is -2.20. The topological polar surface area (TPSA) is 64.4 Å². The first-order chi connectivity index (χ1) is 10.3. The van der Waals surface area contributed by atoms with Crippen LogP contribution in [0.25, 0.3) is 0 Å². The lowest BCUT2D eigenvalue weighted by Gasteiger charge is -2.23. The number of hydrogen-bond acceptors (Lipinski definition) is 3. The van der Waals surface area contributed by atoms with Crippen LogP contribution in [-0.4, -0.2) is 11.5 Å². The van der Waals surface area contributed by atoms with Crippen molar-refractivity contribution in [1.82, 2.24) is 0 Å². The molecule has 1 amide bonds. The van der Waals surface area contributed by atoms with E-state index >= 15 is 0 Å². The predicted octanol–water partition coefficient (Wildman–Crippen LogP) is 4.43. The maximum Gasteiger partial charge on any atom is 0.256 e. The van der Waals surface area contributed by atoms with Crippen molar-refractivity contribution < 1.29 is 9.53 Å². The minimum absolute atomic E-state index is 0. The van der Waals surface area contributed by atoms with Crippen LogP contribution in [0.2, 0.25) is 0 Å². The number of halogens is 1. The van der Waals surface area contributed by atoms with Gasteiger partial charge in [0.1, 0.15) is 11.4 Å². The molecule has 0 saturated heterocycles. The Morgan fingerprint density at radius 3 is 2.43 bits per heavy atom. The largest absolute Gasteiger partial charge is 0.486 e. The molecule has 2 aromatic carbocycles. The summed E-state index contributed by atoms with van der Waals surface area (Å²) in [6.07, 6.45) is 0. The monoisotopic (exact) mass is 334 g/mol. The highest BCUT2D eigenvalue weighted by Crippen LogP contribution is 2.28. The number of ether oxygens (including phenoxy) is 1. The molecule has 2 rings (SSSR count). The first-order valence-electron chi connectivity index (χ1n) is 7.22. The number of nitrogens with one attached hydrogen (secondary N) is 1. The molecule has 0 spiro atoms.